The fourth-order valence-electron chi connectivity index (χ4n) is 2.36. The Bertz CT molecular complexity index is 397. The van der Waals surface area contributed by atoms with Gasteiger partial charge < -0.3 is 10.6 Å². The first kappa shape index (κ1) is 13.1. The van der Waals surface area contributed by atoms with Crippen LogP contribution in [0.15, 0.2) is 24.3 Å². The van der Waals surface area contributed by atoms with Gasteiger partial charge in [-0.3, -0.25) is 4.79 Å². The van der Waals surface area contributed by atoms with Gasteiger partial charge in [0.15, 0.2) is 0 Å². The molecule has 0 radical (unpaired) electrons. The maximum Gasteiger partial charge on any atom is 0.220 e. The highest BCUT2D eigenvalue weighted by atomic mass is 16.1. The number of nitrogens with one attached hydrogen (secondary N) is 2. The average Bonchev–Trinajstić information content (AvgIpc) is 2.87. The van der Waals surface area contributed by atoms with Crippen LogP contribution in [-0.2, 0) is 11.2 Å². The summed E-state index contributed by atoms with van der Waals surface area (Å²) >= 11 is 0. The largest absolute Gasteiger partial charge is 0.356 e. The number of hydrogen-bond acceptors (Lipinski definition) is 2. The second-order valence-electron chi connectivity index (χ2n) is 5.15. The Hall–Kier alpha value is -1.35. The summed E-state index contributed by atoms with van der Waals surface area (Å²) in [6, 6.07) is 8.36. The van der Waals surface area contributed by atoms with Gasteiger partial charge in [0.1, 0.15) is 0 Å². The van der Waals surface area contributed by atoms with E-state index in [1.807, 2.05) is 6.07 Å². The van der Waals surface area contributed by atoms with Crippen LogP contribution >= 0.6 is 0 Å². The van der Waals surface area contributed by atoms with Crippen LogP contribution in [0.2, 0.25) is 0 Å². The van der Waals surface area contributed by atoms with Gasteiger partial charge in [-0.2, -0.15) is 0 Å². The summed E-state index contributed by atoms with van der Waals surface area (Å²) in [5.41, 5.74) is 2.50. The van der Waals surface area contributed by atoms with Crippen LogP contribution in [-0.4, -0.2) is 25.5 Å². The lowest BCUT2D eigenvalue weighted by atomic mass is 10.1. The van der Waals surface area contributed by atoms with Crippen LogP contribution in [0.1, 0.15) is 24.0 Å². The van der Waals surface area contributed by atoms with Crippen molar-refractivity contribution < 1.29 is 4.79 Å². The molecule has 0 spiro atoms. The fraction of sp³-hybridized carbons (Fsp3) is 0.533. The van der Waals surface area contributed by atoms with E-state index < -0.39 is 0 Å². The molecule has 0 bridgehead atoms. The minimum Gasteiger partial charge on any atom is -0.356 e. The number of benzene rings is 1. The van der Waals surface area contributed by atoms with Gasteiger partial charge in [0.25, 0.3) is 0 Å². The maximum atomic E-state index is 11.7. The Balaban J connectivity index is 1.68. The smallest absolute Gasteiger partial charge is 0.220 e. The zero-order valence-electron chi connectivity index (χ0n) is 11.0. The van der Waals surface area contributed by atoms with Crippen LogP contribution in [0.3, 0.4) is 0 Å². The summed E-state index contributed by atoms with van der Waals surface area (Å²) in [4.78, 5) is 11.7. The minimum atomic E-state index is 0.170. The molecule has 1 fully saturated rings. The molecule has 2 N–H and O–H groups in total. The van der Waals surface area contributed by atoms with Crippen LogP contribution in [0.5, 0.6) is 0 Å². The molecule has 2 rings (SSSR count). The highest BCUT2D eigenvalue weighted by Crippen LogP contribution is 2.07. The summed E-state index contributed by atoms with van der Waals surface area (Å²) in [5, 5.41) is 6.34. The van der Waals surface area contributed by atoms with E-state index in [0.717, 1.165) is 26.1 Å². The Labute approximate surface area is 109 Å². The van der Waals surface area contributed by atoms with Gasteiger partial charge in [-0.05, 0) is 44.3 Å². The standard InChI is InChI=1S/C15H22N2O/c1-12-3-2-4-13(9-12)5-6-15(18)17-11-14-7-8-16-10-14/h2-4,9,14,16H,5-8,10-11H2,1H3,(H,17,18). The minimum absolute atomic E-state index is 0.170. The Kier molecular flexibility index (Phi) is 4.76. The predicted octanol–water partition coefficient (Wildman–Crippen LogP) is 1.65. The molecule has 1 amide bonds. The van der Waals surface area contributed by atoms with Gasteiger partial charge in [0, 0.05) is 13.0 Å². The van der Waals surface area contributed by atoms with E-state index in [9.17, 15) is 4.79 Å². The average molecular weight is 246 g/mol. The second-order valence-corrected chi connectivity index (χ2v) is 5.15. The molecular formula is C15H22N2O. The van der Waals surface area contributed by atoms with Crippen molar-refractivity contribution >= 4 is 5.91 Å². The van der Waals surface area contributed by atoms with E-state index in [1.165, 1.54) is 17.5 Å². The highest BCUT2D eigenvalue weighted by Gasteiger charge is 2.14. The molecular weight excluding hydrogens is 224 g/mol. The Morgan fingerprint density at radius 1 is 1.50 bits per heavy atom. The molecule has 1 heterocycles. The second kappa shape index (κ2) is 6.55. The third kappa shape index (κ3) is 4.15. The zero-order valence-corrected chi connectivity index (χ0v) is 11.0. The first-order valence-electron chi connectivity index (χ1n) is 6.77. The van der Waals surface area contributed by atoms with Crippen LogP contribution in [0, 0.1) is 12.8 Å². The quantitative estimate of drug-likeness (QED) is 0.829. The first-order valence-corrected chi connectivity index (χ1v) is 6.77. The van der Waals surface area contributed by atoms with Crippen molar-refractivity contribution in [2.45, 2.75) is 26.2 Å². The van der Waals surface area contributed by atoms with Gasteiger partial charge in [-0.15, -0.1) is 0 Å². The summed E-state index contributed by atoms with van der Waals surface area (Å²) in [5.74, 6) is 0.788. The van der Waals surface area contributed by atoms with Gasteiger partial charge in [0.2, 0.25) is 5.91 Å². The number of rotatable bonds is 5. The lowest BCUT2D eigenvalue weighted by Gasteiger charge is -2.10. The number of hydrogen-bond donors (Lipinski definition) is 2. The van der Waals surface area contributed by atoms with Crippen molar-refractivity contribution in [2.24, 2.45) is 5.92 Å². The van der Waals surface area contributed by atoms with E-state index in [0.29, 0.717) is 12.3 Å². The van der Waals surface area contributed by atoms with E-state index in [4.69, 9.17) is 0 Å². The van der Waals surface area contributed by atoms with Crippen molar-refractivity contribution in [2.75, 3.05) is 19.6 Å². The summed E-state index contributed by atoms with van der Waals surface area (Å²) in [7, 11) is 0. The van der Waals surface area contributed by atoms with Gasteiger partial charge in [0.05, 0.1) is 0 Å². The molecule has 0 aliphatic carbocycles. The molecule has 98 valence electrons. The third-order valence-corrected chi connectivity index (χ3v) is 3.47. The van der Waals surface area contributed by atoms with Crippen molar-refractivity contribution in [3.8, 4) is 0 Å². The first-order chi connectivity index (χ1) is 8.74. The van der Waals surface area contributed by atoms with Gasteiger partial charge >= 0.3 is 0 Å². The van der Waals surface area contributed by atoms with Crippen molar-refractivity contribution in [3.63, 3.8) is 0 Å². The van der Waals surface area contributed by atoms with Crippen molar-refractivity contribution in [1.29, 1.82) is 0 Å². The van der Waals surface area contributed by atoms with Crippen molar-refractivity contribution in [3.05, 3.63) is 35.4 Å². The third-order valence-electron chi connectivity index (χ3n) is 3.47. The molecule has 1 aliphatic rings. The van der Waals surface area contributed by atoms with Crippen LogP contribution in [0.25, 0.3) is 0 Å². The van der Waals surface area contributed by atoms with Crippen LogP contribution in [0.4, 0.5) is 0 Å². The SMILES string of the molecule is Cc1cccc(CCC(=O)NCC2CCNC2)c1. The number of amides is 1. The lowest BCUT2D eigenvalue weighted by Crippen LogP contribution is -2.30. The monoisotopic (exact) mass is 246 g/mol. The molecule has 1 unspecified atom stereocenters. The van der Waals surface area contributed by atoms with Crippen molar-refractivity contribution in [1.82, 2.24) is 10.6 Å². The van der Waals surface area contributed by atoms with E-state index in [-0.39, 0.29) is 5.91 Å². The zero-order chi connectivity index (χ0) is 12.8. The number of carbonyl (C=O) groups is 1. The summed E-state index contributed by atoms with van der Waals surface area (Å²) in [6.07, 6.45) is 2.60. The molecule has 1 aromatic carbocycles. The highest BCUT2D eigenvalue weighted by molar-refractivity contribution is 5.76. The molecule has 0 aromatic heterocycles. The molecule has 1 saturated heterocycles. The molecule has 1 aliphatic heterocycles. The predicted molar refractivity (Wildman–Crippen MR) is 73.5 cm³/mol. The molecule has 1 atom stereocenters. The molecule has 18 heavy (non-hydrogen) atoms. The van der Waals surface area contributed by atoms with E-state index in [2.05, 4.69) is 35.8 Å². The molecule has 3 nitrogen and oxygen atoms in total. The summed E-state index contributed by atoms with van der Waals surface area (Å²) < 4.78 is 0. The Morgan fingerprint density at radius 3 is 3.11 bits per heavy atom. The molecule has 3 heteroatoms. The maximum absolute atomic E-state index is 11.7. The van der Waals surface area contributed by atoms with E-state index in [1.54, 1.807) is 0 Å². The fourth-order valence-corrected chi connectivity index (χ4v) is 2.36. The van der Waals surface area contributed by atoms with Gasteiger partial charge in [-0.25, -0.2) is 0 Å². The lowest BCUT2D eigenvalue weighted by molar-refractivity contribution is -0.121. The van der Waals surface area contributed by atoms with Gasteiger partial charge in [-0.1, -0.05) is 29.8 Å². The van der Waals surface area contributed by atoms with E-state index >= 15 is 0 Å². The molecule has 1 aromatic rings. The topological polar surface area (TPSA) is 41.1 Å². The number of aryl methyl sites for hydroxylation is 2. The van der Waals surface area contributed by atoms with Crippen LogP contribution < -0.4 is 10.6 Å². The Morgan fingerprint density at radius 2 is 2.39 bits per heavy atom. The normalized spacial score (nSPS) is 18.8. The number of carbonyl (C=O) groups excluding carboxylic acids is 1. The summed E-state index contributed by atoms with van der Waals surface area (Å²) in [6.45, 7) is 5.03. The molecule has 0 saturated carbocycles.